The summed E-state index contributed by atoms with van der Waals surface area (Å²) >= 11 is 13.3. The number of nitrogens with zero attached hydrogens (tertiary/aromatic N) is 4. The van der Waals surface area contributed by atoms with Crippen molar-refractivity contribution in [2.45, 2.75) is 70.6 Å². The van der Waals surface area contributed by atoms with E-state index >= 15 is 0 Å². The monoisotopic (exact) mass is 676 g/mol. The number of hydrogen-bond acceptors (Lipinski definition) is 7. The topological polar surface area (TPSA) is 109 Å². The minimum Gasteiger partial charge on any atom is -0.487 e. The molecule has 0 spiro atoms. The third kappa shape index (κ3) is 7.01. The SMILES string of the molecule is Cc1cc(C)c2cccc(OCc3c(Cl)ccc(S(=O)(=O)N4CCC[C@H]4C(=O)N4CCN(C(=O)OC(C)(C)C)CC4)c3Cl)c2n1. The van der Waals surface area contributed by atoms with Crippen LogP contribution in [0.3, 0.4) is 0 Å². The highest BCUT2D eigenvalue weighted by Crippen LogP contribution is 2.37. The molecule has 0 radical (unpaired) electrons. The van der Waals surface area contributed by atoms with Gasteiger partial charge in [-0.3, -0.25) is 4.79 Å². The van der Waals surface area contributed by atoms with Gasteiger partial charge in [0.25, 0.3) is 0 Å². The third-order valence-electron chi connectivity index (χ3n) is 7.98. The molecule has 3 heterocycles. The van der Waals surface area contributed by atoms with Crippen LogP contribution in [0.5, 0.6) is 5.75 Å². The molecular weight excluding hydrogens is 639 g/mol. The Hall–Kier alpha value is -3.12. The fourth-order valence-electron chi connectivity index (χ4n) is 5.78. The van der Waals surface area contributed by atoms with Gasteiger partial charge in [-0.05, 0) is 77.3 Å². The Morgan fingerprint density at radius 3 is 2.38 bits per heavy atom. The summed E-state index contributed by atoms with van der Waals surface area (Å²) < 4.78 is 40.8. The summed E-state index contributed by atoms with van der Waals surface area (Å²) in [6.45, 7) is 10.6. The molecule has 2 fully saturated rings. The quantitative estimate of drug-likeness (QED) is 0.316. The van der Waals surface area contributed by atoms with Gasteiger partial charge in [-0.25, -0.2) is 18.2 Å². The number of carbonyl (C=O) groups is 2. The Kier molecular flexibility index (Phi) is 9.56. The highest BCUT2D eigenvalue weighted by atomic mass is 35.5. The highest BCUT2D eigenvalue weighted by molar-refractivity contribution is 7.89. The molecule has 0 aliphatic carbocycles. The lowest BCUT2D eigenvalue weighted by atomic mass is 10.1. The molecular formula is C32H38Cl2N4O6S. The number of ether oxygens (including phenoxy) is 2. The standard InChI is InChI=1S/C32H38Cl2N4O6S/c1-20-18-21(2)35-29-22(20)8-6-10-26(29)43-19-23-24(33)11-12-27(28(23)34)45(41,42)38-13-7-9-25(38)30(39)36-14-16-37(17-15-36)31(40)44-32(3,4)5/h6,8,10-12,18,25H,7,9,13-17,19H2,1-5H3/t25-/m0/s1. The van der Waals surface area contributed by atoms with E-state index in [2.05, 4.69) is 4.98 Å². The van der Waals surface area contributed by atoms with E-state index in [0.717, 1.165) is 16.6 Å². The maximum Gasteiger partial charge on any atom is 0.410 e. The number of para-hydroxylation sites is 1. The van der Waals surface area contributed by atoms with Crippen LogP contribution in [-0.2, 0) is 26.2 Å². The zero-order chi connectivity index (χ0) is 32.7. The van der Waals surface area contributed by atoms with Crippen LogP contribution in [-0.4, -0.2) is 83.9 Å². The average Bonchev–Trinajstić information content (AvgIpc) is 3.47. The number of amides is 2. The maximum absolute atomic E-state index is 14.0. The van der Waals surface area contributed by atoms with Gasteiger partial charge in [0, 0.05) is 54.4 Å². The van der Waals surface area contributed by atoms with Gasteiger partial charge < -0.3 is 19.3 Å². The number of carbonyl (C=O) groups excluding carboxylic acids is 2. The van der Waals surface area contributed by atoms with Crippen molar-refractivity contribution in [3.05, 3.63) is 63.3 Å². The summed E-state index contributed by atoms with van der Waals surface area (Å²) in [5.41, 5.74) is 2.30. The van der Waals surface area contributed by atoms with Gasteiger partial charge in [0.2, 0.25) is 15.9 Å². The minimum absolute atomic E-state index is 0.0490. The van der Waals surface area contributed by atoms with E-state index in [1.54, 1.807) is 36.6 Å². The first-order valence-electron chi connectivity index (χ1n) is 14.9. The number of rotatable bonds is 6. The van der Waals surface area contributed by atoms with Crippen LogP contribution in [0.1, 0.15) is 50.4 Å². The Bertz CT molecular complexity index is 1740. The van der Waals surface area contributed by atoms with E-state index < -0.39 is 27.8 Å². The molecule has 0 N–H and O–H groups in total. The van der Waals surface area contributed by atoms with E-state index in [4.69, 9.17) is 32.7 Å². The van der Waals surface area contributed by atoms with Crippen LogP contribution in [0, 0.1) is 13.8 Å². The predicted molar refractivity (Wildman–Crippen MR) is 173 cm³/mol. The number of aryl methyl sites for hydroxylation is 2. The Labute approximate surface area is 274 Å². The van der Waals surface area contributed by atoms with Crippen LogP contribution >= 0.6 is 23.2 Å². The van der Waals surface area contributed by atoms with Gasteiger partial charge in [-0.15, -0.1) is 0 Å². The van der Waals surface area contributed by atoms with Crippen LogP contribution in [0.15, 0.2) is 41.3 Å². The molecule has 1 atom stereocenters. The molecule has 2 saturated heterocycles. The molecule has 0 bridgehead atoms. The van der Waals surface area contributed by atoms with E-state index in [9.17, 15) is 18.0 Å². The smallest absolute Gasteiger partial charge is 0.410 e. The average molecular weight is 678 g/mol. The lowest BCUT2D eigenvalue weighted by Gasteiger charge is -2.37. The highest BCUT2D eigenvalue weighted by Gasteiger charge is 2.43. The van der Waals surface area contributed by atoms with Crippen molar-refractivity contribution in [3.8, 4) is 5.75 Å². The molecule has 45 heavy (non-hydrogen) atoms. The number of fused-ring (bicyclic) bond motifs is 1. The summed E-state index contributed by atoms with van der Waals surface area (Å²) in [7, 11) is -4.17. The number of aromatic nitrogens is 1. The first kappa shape index (κ1) is 33.2. The van der Waals surface area contributed by atoms with Crippen LogP contribution in [0.2, 0.25) is 10.0 Å². The van der Waals surface area contributed by atoms with Gasteiger partial charge in [-0.2, -0.15) is 4.31 Å². The molecule has 2 aromatic carbocycles. The fraction of sp³-hybridized carbons (Fsp3) is 0.469. The van der Waals surface area contributed by atoms with Crippen molar-refractivity contribution in [1.29, 1.82) is 0 Å². The number of halogens is 2. The summed E-state index contributed by atoms with van der Waals surface area (Å²) in [6, 6.07) is 9.60. The number of pyridine rings is 1. The molecule has 0 unspecified atom stereocenters. The first-order valence-corrected chi connectivity index (χ1v) is 17.1. The molecule has 2 aliphatic heterocycles. The van der Waals surface area contributed by atoms with Crippen molar-refractivity contribution >= 4 is 56.1 Å². The lowest BCUT2D eigenvalue weighted by Crippen LogP contribution is -2.55. The van der Waals surface area contributed by atoms with Crippen molar-refractivity contribution in [1.82, 2.24) is 19.1 Å². The Balaban J connectivity index is 1.33. The summed E-state index contributed by atoms with van der Waals surface area (Å²) in [4.78, 5) is 33.8. The number of piperazine rings is 1. The molecule has 13 heteroatoms. The van der Waals surface area contributed by atoms with Gasteiger partial charge >= 0.3 is 6.09 Å². The summed E-state index contributed by atoms with van der Waals surface area (Å²) in [6.07, 6.45) is 0.485. The van der Waals surface area contributed by atoms with Gasteiger partial charge in [0.1, 0.15) is 34.4 Å². The van der Waals surface area contributed by atoms with E-state index in [1.165, 1.54) is 16.4 Å². The van der Waals surface area contributed by atoms with Crippen LogP contribution in [0.4, 0.5) is 4.79 Å². The number of hydrogen-bond donors (Lipinski definition) is 0. The Morgan fingerprint density at radius 2 is 1.69 bits per heavy atom. The van der Waals surface area contributed by atoms with E-state index in [-0.39, 0.29) is 47.1 Å². The minimum atomic E-state index is -4.17. The van der Waals surface area contributed by atoms with Crippen molar-refractivity contribution in [2.24, 2.45) is 0 Å². The summed E-state index contributed by atoms with van der Waals surface area (Å²) in [5, 5.41) is 1.16. The van der Waals surface area contributed by atoms with Crippen LogP contribution in [0.25, 0.3) is 10.9 Å². The molecule has 1 aromatic heterocycles. The number of sulfonamides is 1. The molecule has 3 aromatic rings. The lowest BCUT2D eigenvalue weighted by molar-refractivity contribution is -0.136. The zero-order valence-corrected chi connectivity index (χ0v) is 28.4. The Morgan fingerprint density at radius 1 is 1.00 bits per heavy atom. The second kappa shape index (κ2) is 12.9. The van der Waals surface area contributed by atoms with E-state index in [1.807, 2.05) is 32.0 Å². The molecule has 0 saturated carbocycles. The van der Waals surface area contributed by atoms with Gasteiger partial charge in [0.05, 0.1) is 5.02 Å². The van der Waals surface area contributed by atoms with Gasteiger partial charge in [0.15, 0.2) is 0 Å². The second-order valence-electron chi connectivity index (χ2n) is 12.4. The fourth-order valence-corrected chi connectivity index (χ4v) is 8.29. The normalized spacial score (nSPS) is 18.0. The van der Waals surface area contributed by atoms with Gasteiger partial charge in [-0.1, -0.05) is 35.3 Å². The molecule has 242 valence electrons. The summed E-state index contributed by atoms with van der Waals surface area (Å²) in [5.74, 6) is 0.235. The van der Waals surface area contributed by atoms with Crippen molar-refractivity contribution < 1.29 is 27.5 Å². The largest absolute Gasteiger partial charge is 0.487 e. The predicted octanol–water partition coefficient (Wildman–Crippen LogP) is 5.97. The third-order valence-corrected chi connectivity index (χ3v) is 10.8. The van der Waals surface area contributed by atoms with E-state index in [0.29, 0.717) is 42.8 Å². The molecule has 2 aliphatic rings. The molecule has 2 amide bonds. The number of benzene rings is 2. The second-order valence-corrected chi connectivity index (χ2v) is 15.1. The van der Waals surface area contributed by atoms with Crippen LogP contribution < -0.4 is 4.74 Å². The zero-order valence-electron chi connectivity index (χ0n) is 26.1. The maximum atomic E-state index is 14.0. The first-order chi connectivity index (χ1) is 21.2. The van der Waals surface area contributed by atoms with Crippen molar-refractivity contribution in [3.63, 3.8) is 0 Å². The molecule has 5 rings (SSSR count). The molecule has 10 nitrogen and oxygen atoms in total. The van der Waals surface area contributed by atoms with Crippen molar-refractivity contribution in [2.75, 3.05) is 32.7 Å².